The maximum absolute atomic E-state index is 10.8. The van der Waals surface area contributed by atoms with Gasteiger partial charge in [0.05, 0.1) is 16.1 Å². The highest BCUT2D eigenvalue weighted by atomic mass is 32.1. The molecule has 0 unspecified atom stereocenters. The number of ketones is 1. The van der Waals surface area contributed by atoms with E-state index in [4.69, 9.17) is 5.11 Å². The van der Waals surface area contributed by atoms with Crippen molar-refractivity contribution in [3.05, 3.63) is 16.1 Å². The van der Waals surface area contributed by atoms with Gasteiger partial charge < -0.3 is 5.11 Å². The summed E-state index contributed by atoms with van der Waals surface area (Å²) in [5.74, 6) is -0.250. The normalized spacial score (nSPS) is 9.80. The number of aliphatic hydroxyl groups is 1. The maximum Gasteiger partial charge on any atom is 0.199 e. The molecule has 0 saturated carbocycles. The van der Waals surface area contributed by atoms with Crippen LogP contribution in [0.5, 0.6) is 0 Å². The standard InChI is InChI=1S/C6H7NO2S/c1-4-6(5(9)2-8)10-3-7-4/h3,8H,2H2,1H3. The average molecular weight is 157 g/mol. The van der Waals surface area contributed by atoms with Gasteiger partial charge in [0, 0.05) is 0 Å². The van der Waals surface area contributed by atoms with Gasteiger partial charge in [-0.1, -0.05) is 0 Å². The molecule has 0 radical (unpaired) electrons. The van der Waals surface area contributed by atoms with Crippen LogP contribution in [-0.4, -0.2) is 22.5 Å². The van der Waals surface area contributed by atoms with Gasteiger partial charge in [0.1, 0.15) is 6.61 Å². The molecular formula is C6H7NO2S. The molecule has 0 aliphatic heterocycles. The van der Waals surface area contributed by atoms with Crippen molar-refractivity contribution in [1.82, 2.24) is 4.98 Å². The zero-order valence-corrected chi connectivity index (χ0v) is 6.31. The summed E-state index contributed by atoms with van der Waals surface area (Å²) in [6.45, 7) is 1.32. The Morgan fingerprint density at radius 3 is 3.00 bits per heavy atom. The fourth-order valence-electron chi connectivity index (χ4n) is 0.641. The van der Waals surface area contributed by atoms with Crippen LogP contribution >= 0.6 is 11.3 Å². The predicted octanol–water partition coefficient (Wildman–Crippen LogP) is 0.627. The van der Waals surface area contributed by atoms with Gasteiger partial charge in [-0.05, 0) is 6.92 Å². The summed E-state index contributed by atoms with van der Waals surface area (Å²) in [5.41, 5.74) is 2.29. The summed E-state index contributed by atoms with van der Waals surface area (Å²) in [4.78, 5) is 15.2. The smallest absolute Gasteiger partial charge is 0.199 e. The summed E-state index contributed by atoms with van der Waals surface area (Å²) in [7, 11) is 0. The van der Waals surface area contributed by atoms with Crippen molar-refractivity contribution in [3.63, 3.8) is 0 Å². The van der Waals surface area contributed by atoms with Crippen LogP contribution in [-0.2, 0) is 0 Å². The molecule has 4 heteroatoms. The molecule has 0 aromatic carbocycles. The van der Waals surface area contributed by atoms with Crippen LogP contribution in [0.25, 0.3) is 0 Å². The summed E-state index contributed by atoms with van der Waals surface area (Å²) in [6, 6.07) is 0. The predicted molar refractivity (Wildman–Crippen MR) is 38.3 cm³/mol. The number of aryl methyl sites for hydroxylation is 1. The number of aromatic nitrogens is 1. The minimum Gasteiger partial charge on any atom is -0.388 e. The zero-order valence-electron chi connectivity index (χ0n) is 5.50. The summed E-state index contributed by atoms with van der Waals surface area (Å²) < 4.78 is 0. The Balaban J connectivity index is 2.93. The number of Topliss-reactive ketones (excluding diaryl/α,β-unsaturated/α-hetero) is 1. The van der Waals surface area contributed by atoms with Gasteiger partial charge in [0.25, 0.3) is 0 Å². The van der Waals surface area contributed by atoms with Crippen molar-refractivity contribution >= 4 is 17.1 Å². The van der Waals surface area contributed by atoms with E-state index in [0.717, 1.165) is 0 Å². The van der Waals surface area contributed by atoms with Crippen LogP contribution in [0.2, 0.25) is 0 Å². The second kappa shape index (κ2) is 2.90. The first-order valence-corrected chi connectivity index (χ1v) is 3.68. The van der Waals surface area contributed by atoms with Gasteiger partial charge in [-0.2, -0.15) is 0 Å². The topological polar surface area (TPSA) is 50.2 Å². The Bertz CT molecular complexity index is 244. The second-order valence-corrected chi connectivity index (χ2v) is 2.70. The molecule has 0 bridgehead atoms. The van der Waals surface area contributed by atoms with Crippen molar-refractivity contribution in [3.8, 4) is 0 Å². The lowest BCUT2D eigenvalue weighted by Crippen LogP contribution is -2.03. The third-order valence-electron chi connectivity index (χ3n) is 1.14. The van der Waals surface area contributed by atoms with Gasteiger partial charge in [0.2, 0.25) is 0 Å². The lowest BCUT2D eigenvalue weighted by atomic mass is 10.3. The SMILES string of the molecule is Cc1ncsc1C(=O)CO. The van der Waals surface area contributed by atoms with Crippen LogP contribution in [0.4, 0.5) is 0 Å². The molecule has 0 aliphatic carbocycles. The van der Waals surface area contributed by atoms with Gasteiger partial charge in [-0.15, -0.1) is 11.3 Å². The highest BCUT2D eigenvalue weighted by Crippen LogP contribution is 2.11. The van der Waals surface area contributed by atoms with Crippen LogP contribution < -0.4 is 0 Å². The molecule has 1 aromatic heterocycles. The van der Waals surface area contributed by atoms with Crippen LogP contribution in [0.15, 0.2) is 5.51 Å². The van der Waals surface area contributed by atoms with Crippen LogP contribution in [0.3, 0.4) is 0 Å². The van der Waals surface area contributed by atoms with Crippen molar-refractivity contribution in [2.45, 2.75) is 6.92 Å². The van der Waals surface area contributed by atoms with Gasteiger partial charge in [0.15, 0.2) is 5.78 Å². The zero-order chi connectivity index (χ0) is 7.56. The molecule has 1 rings (SSSR count). The van der Waals surface area contributed by atoms with Crippen LogP contribution in [0, 0.1) is 6.92 Å². The maximum atomic E-state index is 10.8. The molecule has 1 heterocycles. The van der Waals surface area contributed by atoms with E-state index < -0.39 is 6.61 Å². The Morgan fingerprint density at radius 1 is 1.90 bits per heavy atom. The van der Waals surface area contributed by atoms with E-state index in [1.54, 1.807) is 12.4 Å². The molecule has 54 valence electrons. The molecule has 0 spiro atoms. The highest BCUT2D eigenvalue weighted by molar-refractivity contribution is 7.11. The van der Waals surface area contributed by atoms with Crippen molar-refractivity contribution in [1.29, 1.82) is 0 Å². The van der Waals surface area contributed by atoms with Gasteiger partial charge >= 0.3 is 0 Å². The number of aliphatic hydroxyl groups excluding tert-OH is 1. The third-order valence-corrected chi connectivity index (χ3v) is 2.11. The monoisotopic (exact) mass is 157 g/mol. The lowest BCUT2D eigenvalue weighted by Gasteiger charge is -1.90. The number of hydrogen-bond acceptors (Lipinski definition) is 4. The summed E-state index contributed by atoms with van der Waals surface area (Å²) in [6.07, 6.45) is 0. The number of thiazole rings is 1. The molecule has 3 nitrogen and oxygen atoms in total. The minimum atomic E-state index is -0.428. The second-order valence-electron chi connectivity index (χ2n) is 1.85. The minimum absolute atomic E-state index is 0.250. The first-order valence-electron chi connectivity index (χ1n) is 2.80. The van der Waals surface area contributed by atoms with E-state index in [0.29, 0.717) is 10.6 Å². The summed E-state index contributed by atoms with van der Waals surface area (Å²) in [5, 5.41) is 8.46. The quantitative estimate of drug-likeness (QED) is 0.640. The van der Waals surface area contributed by atoms with E-state index in [-0.39, 0.29) is 5.78 Å². The third kappa shape index (κ3) is 1.22. The Morgan fingerprint density at radius 2 is 2.60 bits per heavy atom. The number of hydrogen-bond donors (Lipinski definition) is 1. The first kappa shape index (κ1) is 7.37. The molecule has 0 amide bonds. The molecule has 10 heavy (non-hydrogen) atoms. The molecular weight excluding hydrogens is 150 g/mol. The van der Waals surface area contributed by atoms with E-state index in [9.17, 15) is 4.79 Å². The van der Waals surface area contributed by atoms with Crippen molar-refractivity contribution in [2.75, 3.05) is 6.61 Å². The van der Waals surface area contributed by atoms with E-state index in [2.05, 4.69) is 4.98 Å². The van der Waals surface area contributed by atoms with Gasteiger partial charge in [-0.3, -0.25) is 4.79 Å². The molecule has 1 aromatic rings. The molecule has 0 aliphatic rings. The number of rotatable bonds is 2. The molecule has 0 fully saturated rings. The largest absolute Gasteiger partial charge is 0.388 e. The molecule has 0 saturated heterocycles. The van der Waals surface area contributed by atoms with Crippen molar-refractivity contribution < 1.29 is 9.90 Å². The Labute approximate surface area is 62.3 Å². The summed E-state index contributed by atoms with van der Waals surface area (Å²) >= 11 is 1.26. The highest BCUT2D eigenvalue weighted by Gasteiger charge is 2.08. The number of carbonyl (C=O) groups excluding carboxylic acids is 1. The molecule has 1 N–H and O–H groups in total. The van der Waals surface area contributed by atoms with E-state index in [1.165, 1.54) is 11.3 Å². The average Bonchev–Trinajstić information content (AvgIpc) is 2.34. The first-order chi connectivity index (χ1) is 4.75. The Kier molecular flexibility index (Phi) is 2.13. The number of nitrogens with zero attached hydrogens (tertiary/aromatic N) is 1. The van der Waals surface area contributed by atoms with E-state index in [1.807, 2.05) is 0 Å². The van der Waals surface area contributed by atoms with Gasteiger partial charge in [-0.25, -0.2) is 4.98 Å². The lowest BCUT2D eigenvalue weighted by molar-refractivity contribution is 0.0907. The van der Waals surface area contributed by atoms with Crippen molar-refractivity contribution in [2.24, 2.45) is 0 Å². The van der Waals surface area contributed by atoms with E-state index >= 15 is 0 Å². The fraction of sp³-hybridized carbons (Fsp3) is 0.333. The fourth-order valence-corrected chi connectivity index (χ4v) is 1.38. The molecule has 0 atom stereocenters. The Hall–Kier alpha value is -0.740. The van der Waals surface area contributed by atoms with Crippen LogP contribution in [0.1, 0.15) is 15.4 Å². The number of carbonyl (C=O) groups is 1.